The largest absolute Gasteiger partial charge is 0.416 e. The zero-order valence-electron chi connectivity index (χ0n) is 11.5. The van der Waals surface area contributed by atoms with Gasteiger partial charge in [-0.1, -0.05) is 11.6 Å². The van der Waals surface area contributed by atoms with E-state index in [-0.39, 0.29) is 11.4 Å². The van der Waals surface area contributed by atoms with Crippen LogP contribution in [0.3, 0.4) is 0 Å². The Morgan fingerprint density at radius 1 is 1.08 bits per heavy atom. The molecule has 2 aromatic carbocycles. The lowest BCUT2D eigenvalue weighted by Gasteiger charge is -2.12. The molecule has 0 aliphatic carbocycles. The number of nitrogens with one attached hydrogen (secondary N) is 1. The molecule has 0 saturated heterocycles. The van der Waals surface area contributed by atoms with E-state index in [0.29, 0.717) is 12.1 Å². The Morgan fingerprint density at radius 2 is 1.67 bits per heavy atom. The van der Waals surface area contributed by atoms with Gasteiger partial charge in [0, 0.05) is 17.8 Å². The number of hydrogen-bond acceptors (Lipinski definition) is 4. The molecule has 6 nitrogen and oxygen atoms in total. The van der Waals surface area contributed by atoms with Crippen molar-refractivity contribution in [2.45, 2.75) is 11.1 Å². The first kappa shape index (κ1) is 18.0. The van der Waals surface area contributed by atoms with E-state index >= 15 is 0 Å². The normalized spacial score (nSPS) is 12.0. The third-order valence-electron chi connectivity index (χ3n) is 2.88. The van der Waals surface area contributed by atoms with Crippen LogP contribution in [0, 0.1) is 10.1 Å². The highest BCUT2D eigenvalue weighted by Crippen LogP contribution is 2.34. The zero-order chi connectivity index (χ0) is 18.1. The number of benzene rings is 2. The van der Waals surface area contributed by atoms with Crippen LogP contribution < -0.4 is 4.72 Å². The molecule has 2 rings (SSSR count). The molecule has 0 saturated carbocycles. The Balaban J connectivity index is 2.38. The maximum atomic E-state index is 12.7. The highest BCUT2D eigenvalue weighted by Gasteiger charge is 2.32. The third kappa shape index (κ3) is 3.95. The molecule has 1 N–H and O–H groups in total. The van der Waals surface area contributed by atoms with Crippen LogP contribution in [-0.4, -0.2) is 13.3 Å². The van der Waals surface area contributed by atoms with Crippen molar-refractivity contribution in [3.63, 3.8) is 0 Å². The highest BCUT2D eigenvalue weighted by molar-refractivity contribution is 7.92. The summed E-state index contributed by atoms with van der Waals surface area (Å²) in [6.07, 6.45) is -4.73. The van der Waals surface area contributed by atoms with Gasteiger partial charge in [-0.3, -0.25) is 14.8 Å². The lowest BCUT2D eigenvalue weighted by molar-refractivity contribution is -0.384. The fraction of sp³-hybridized carbons (Fsp3) is 0.0769. The van der Waals surface area contributed by atoms with Crippen LogP contribution in [0.25, 0.3) is 0 Å². The quantitative estimate of drug-likeness (QED) is 0.639. The van der Waals surface area contributed by atoms with Gasteiger partial charge in [0.05, 0.1) is 15.5 Å². The van der Waals surface area contributed by atoms with Crippen molar-refractivity contribution in [3.8, 4) is 0 Å². The highest BCUT2D eigenvalue weighted by atomic mass is 35.5. The predicted octanol–water partition coefficient (Wildman–Crippen LogP) is 4.07. The minimum Gasteiger partial charge on any atom is -0.280 e. The lowest BCUT2D eigenvalue weighted by atomic mass is 10.2. The molecule has 0 atom stereocenters. The van der Waals surface area contributed by atoms with E-state index in [1.807, 2.05) is 4.72 Å². The molecule has 11 heteroatoms. The number of rotatable bonds is 4. The van der Waals surface area contributed by atoms with Crippen LogP contribution in [0.2, 0.25) is 5.02 Å². The van der Waals surface area contributed by atoms with Gasteiger partial charge in [0.1, 0.15) is 4.90 Å². The van der Waals surface area contributed by atoms with E-state index in [2.05, 4.69) is 0 Å². The first-order valence-corrected chi connectivity index (χ1v) is 8.01. The number of halogens is 4. The van der Waals surface area contributed by atoms with Crippen molar-refractivity contribution in [1.29, 1.82) is 0 Å². The van der Waals surface area contributed by atoms with E-state index in [1.165, 1.54) is 0 Å². The second-order valence-electron chi connectivity index (χ2n) is 4.55. The molecule has 0 unspecified atom stereocenters. The molecule has 24 heavy (non-hydrogen) atoms. The summed E-state index contributed by atoms with van der Waals surface area (Å²) >= 11 is 5.69. The summed E-state index contributed by atoms with van der Waals surface area (Å²) in [5.41, 5.74) is -1.50. The number of non-ortho nitro benzene ring substituents is 1. The van der Waals surface area contributed by atoms with Gasteiger partial charge in [0.15, 0.2) is 0 Å². The summed E-state index contributed by atoms with van der Waals surface area (Å²) in [7, 11) is -4.41. The topological polar surface area (TPSA) is 89.3 Å². The summed E-state index contributed by atoms with van der Waals surface area (Å²) < 4.78 is 64.6. The SMILES string of the molecule is O=[N+]([O-])c1ccc(NS(=O)(=O)c2cc(C(F)(F)F)ccc2Cl)cc1. The fourth-order valence-electron chi connectivity index (χ4n) is 1.75. The summed E-state index contributed by atoms with van der Waals surface area (Å²) in [5.74, 6) is 0. The van der Waals surface area contributed by atoms with Gasteiger partial charge in [-0.15, -0.1) is 0 Å². The number of nitrogens with zero attached hydrogens (tertiary/aromatic N) is 1. The van der Waals surface area contributed by atoms with Crippen molar-refractivity contribution >= 4 is 33.0 Å². The van der Waals surface area contributed by atoms with Crippen LogP contribution in [0.15, 0.2) is 47.4 Å². The first-order valence-electron chi connectivity index (χ1n) is 6.15. The van der Waals surface area contributed by atoms with Gasteiger partial charge in [-0.25, -0.2) is 8.42 Å². The van der Waals surface area contributed by atoms with E-state index in [1.54, 1.807) is 0 Å². The molecule has 0 amide bonds. The van der Waals surface area contributed by atoms with Gasteiger partial charge in [0.2, 0.25) is 0 Å². The summed E-state index contributed by atoms with van der Waals surface area (Å²) in [6, 6.07) is 6.21. The molecule has 0 aromatic heterocycles. The van der Waals surface area contributed by atoms with Gasteiger partial charge in [-0.2, -0.15) is 13.2 Å². The smallest absolute Gasteiger partial charge is 0.280 e. The van der Waals surface area contributed by atoms with Crippen molar-refractivity contribution in [3.05, 3.63) is 63.2 Å². The summed E-state index contributed by atoms with van der Waals surface area (Å²) in [6.45, 7) is 0. The Morgan fingerprint density at radius 3 is 2.17 bits per heavy atom. The van der Waals surface area contributed by atoms with Gasteiger partial charge in [-0.05, 0) is 30.3 Å². The Labute approximate surface area is 139 Å². The number of nitro benzene ring substituents is 1. The molecule has 2 aromatic rings. The number of sulfonamides is 1. The molecule has 0 fully saturated rings. The Bertz CT molecular complexity index is 883. The van der Waals surface area contributed by atoms with E-state index in [4.69, 9.17) is 11.6 Å². The van der Waals surface area contributed by atoms with Crippen LogP contribution in [0.1, 0.15) is 5.56 Å². The number of anilines is 1. The van der Waals surface area contributed by atoms with Crippen LogP contribution in [0.5, 0.6) is 0 Å². The second kappa shape index (κ2) is 6.29. The van der Waals surface area contributed by atoms with Crippen molar-refractivity contribution in [2.75, 3.05) is 4.72 Å². The molecule has 0 aliphatic heterocycles. The molecular weight excluding hydrogens is 373 g/mol. The maximum Gasteiger partial charge on any atom is 0.416 e. The Hall–Kier alpha value is -2.33. The zero-order valence-corrected chi connectivity index (χ0v) is 13.1. The molecule has 128 valence electrons. The second-order valence-corrected chi connectivity index (χ2v) is 6.61. The average molecular weight is 381 g/mol. The molecular formula is C13H8ClF3N2O4S. The average Bonchev–Trinajstić information content (AvgIpc) is 2.46. The third-order valence-corrected chi connectivity index (χ3v) is 4.74. The van der Waals surface area contributed by atoms with E-state index < -0.39 is 36.6 Å². The standard InChI is InChI=1S/C13H8ClF3N2O4S/c14-11-6-1-8(13(15,16)17)7-12(11)24(22,23)18-9-2-4-10(5-3-9)19(20)21/h1-7,18H. The maximum absolute atomic E-state index is 12.7. The summed E-state index contributed by atoms with van der Waals surface area (Å²) in [5, 5.41) is 10.1. The van der Waals surface area contributed by atoms with Gasteiger partial charge < -0.3 is 0 Å². The van der Waals surface area contributed by atoms with Crippen molar-refractivity contribution < 1.29 is 26.5 Å². The lowest BCUT2D eigenvalue weighted by Crippen LogP contribution is -2.15. The number of hydrogen-bond donors (Lipinski definition) is 1. The Kier molecular flexibility index (Phi) is 4.72. The van der Waals surface area contributed by atoms with Crippen molar-refractivity contribution in [1.82, 2.24) is 0 Å². The van der Waals surface area contributed by atoms with E-state index in [9.17, 15) is 31.7 Å². The monoisotopic (exact) mass is 380 g/mol. The fourth-order valence-corrected chi connectivity index (χ4v) is 3.33. The van der Waals surface area contributed by atoms with Gasteiger partial charge in [0.25, 0.3) is 15.7 Å². The van der Waals surface area contributed by atoms with Crippen molar-refractivity contribution in [2.24, 2.45) is 0 Å². The predicted molar refractivity (Wildman–Crippen MR) is 80.4 cm³/mol. The first-order chi connectivity index (χ1) is 11.0. The molecule has 0 spiro atoms. The number of nitro groups is 1. The van der Waals surface area contributed by atoms with Gasteiger partial charge >= 0.3 is 6.18 Å². The van der Waals surface area contributed by atoms with Crippen LogP contribution in [0.4, 0.5) is 24.5 Å². The minimum atomic E-state index is -4.73. The summed E-state index contributed by atoms with van der Waals surface area (Å²) in [4.78, 5) is 9.11. The minimum absolute atomic E-state index is 0.0610. The number of alkyl halides is 3. The molecule has 0 heterocycles. The van der Waals surface area contributed by atoms with E-state index in [0.717, 1.165) is 30.3 Å². The van der Waals surface area contributed by atoms with Crippen LogP contribution in [-0.2, 0) is 16.2 Å². The molecule has 0 bridgehead atoms. The molecule has 0 aliphatic rings. The molecule has 0 radical (unpaired) electrons. The van der Waals surface area contributed by atoms with Crippen LogP contribution >= 0.6 is 11.6 Å².